The van der Waals surface area contributed by atoms with E-state index in [9.17, 15) is 0 Å². The van der Waals surface area contributed by atoms with Crippen LogP contribution in [0.5, 0.6) is 0 Å². The van der Waals surface area contributed by atoms with Gasteiger partial charge < -0.3 is 4.90 Å². The van der Waals surface area contributed by atoms with Crippen molar-refractivity contribution in [1.29, 1.82) is 0 Å². The molecule has 16 heavy (non-hydrogen) atoms. The summed E-state index contributed by atoms with van der Waals surface area (Å²) in [5.41, 5.74) is 1.24. The molecule has 0 aliphatic carbocycles. The van der Waals surface area contributed by atoms with E-state index in [1.807, 2.05) is 18.2 Å². The molecule has 1 aliphatic heterocycles. The standard InChI is InChI=1S/C13H18ClN2/c1-2-6-15-7-9-16(10-8-15)13-5-3-4-12(14)11-13/h2-5,11H,6-10H2,1H3. The Kier molecular flexibility index (Phi) is 4.08. The number of rotatable bonds is 3. The Morgan fingerprint density at radius 1 is 1.25 bits per heavy atom. The molecule has 0 spiro atoms. The van der Waals surface area contributed by atoms with Crippen LogP contribution in [0.3, 0.4) is 0 Å². The minimum Gasteiger partial charge on any atom is -0.369 e. The van der Waals surface area contributed by atoms with E-state index >= 15 is 0 Å². The van der Waals surface area contributed by atoms with Crippen LogP contribution in [0.25, 0.3) is 0 Å². The predicted molar refractivity (Wildman–Crippen MR) is 70.1 cm³/mol. The Morgan fingerprint density at radius 2 is 2.00 bits per heavy atom. The molecule has 0 N–H and O–H groups in total. The van der Waals surface area contributed by atoms with Crippen LogP contribution >= 0.6 is 11.6 Å². The van der Waals surface area contributed by atoms with Gasteiger partial charge in [0.05, 0.1) is 0 Å². The summed E-state index contributed by atoms with van der Waals surface area (Å²) in [6, 6.07) is 8.12. The van der Waals surface area contributed by atoms with Gasteiger partial charge in [-0.25, -0.2) is 0 Å². The van der Waals surface area contributed by atoms with Gasteiger partial charge in [0.1, 0.15) is 0 Å². The Balaban J connectivity index is 1.94. The third-order valence-electron chi connectivity index (χ3n) is 2.99. The van der Waals surface area contributed by atoms with Crippen molar-refractivity contribution < 1.29 is 0 Å². The number of anilines is 1. The van der Waals surface area contributed by atoms with E-state index in [0.29, 0.717) is 0 Å². The highest BCUT2D eigenvalue weighted by Crippen LogP contribution is 2.20. The van der Waals surface area contributed by atoms with Gasteiger partial charge in [0.15, 0.2) is 0 Å². The molecule has 0 aromatic heterocycles. The van der Waals surface area contributed by atoms with Crippen LogP contribution in [0.4, 0.5) is 5.69 Å². The van der Waals surface area contributed by atoms with Crippen molar-refractivity contribution in [3.8, 4) is 0 Å². The van der Waals surface area contributed by atoms with Crippen LogP contribution in [0.2, 0.25) is 5.02 Å². The Bertz CT molecular complexity index is 332. The topological polar surface area (TPSA) is 6.48 Å². The fourth-order valence-corrected chi connectivity index (χ4v) is 2.30. The maximum absolute atomic E-state index is 6.00. The summed E-state index contributed by atoms with van der Waals surface area (Å²) >= 11 is 6.00. The van der Waals surface area contributed by atoms with Crippen LogP contribution < -0.4 is 4.90 Å². The maximum Gasteiger partial charge on any atom is 0.0426 e. The van der Waals surface area contributed by atoms with Crippen LogP contribution in [0, 0.1) is 6.42 Å². The van der Waals surface area contributed by atoms with E-state index in [1.165, 1.54) is 5.69 Å². The van der Waals surface area contributed by atoms with E-state index < -0.39 is 0 Å². The highest BCUT2D eigenvalue weighted by molar-refractivity contribution is 6.30. The quantitative estimate of drug-likeness (QED) is 0.798. The average Bonchev–Trinajstić information content (AvgIpc) is 2.30. The first kappa shape index (κ1) is 11.7. The van der Waals surface area contributed by atoms with Gasteiger partial charge >= 0.3 is 0 Å². The summed E-state index contributed by atoms with van der Waals surface area (Å²) in [5, 5.41) is 0.821. The average molecular weight is 238 g/mol. The lowest BCUT2D eigenvalue weighted by Crippen LogP contribution is -2.46. The lowest BCUT2D eigenvalue weighted by Gasteiger charge is -2.36. The van der Waals surface area contributed by atoms with Crippen LogP contribution in [-0.2, 0) is 0 Å². The second kappa shape index (κ2) is 5.55. The van der Waals surface area contributed by atoms with Gasteiger partial charge in [0.25, 0.3) is 0 Å². The second-order valence-corrected chi connectivity index (χ2v) is 4.61. The van der Waals surface area contributed by atoms with Crippen LogP contribution in [0.15, 0.2) is 24.3 Å². The number of benzene rings is 1. The summed E-state index contributed by atoms with van der Waals surface area (Å²) in [5.74, 6) is 0. The van der Waals surface area contributed by atoms with Gasteiger partial charge in [-0.1, -0.05) is 24.6 Å². The Labute approximate surface area is 103 Å². The van der Waals surface area contributed by atoms with Gasteiger partial charge in [-0.3, -0.25) is 4.90 Å². The normalized spacial score (nSPS) is 17.8. The minimum atomic E-state index is 0.821. The molecule has 0 bridgehead atoms. The number of nitrogens with zero attached hydrogens (tertiary/aromatic N) is 2. The van der Waals surface area contributed by atoms with E-state index in [4.69, 9.17) is 11.6 Å². The van der Waals surface area contributed by atoms with Gasteiger partial charge in [-0.2, -0.15) is 0 Å². The van der Waals surface area contributed by atoms with E-state index in [2.05, 4.69) is 29.2 Å². The zero-order valence-corrected chi connectivity index (χ0v) is 10.5. The fourth-order valence-electron chi connectivity index (χ4n) is 2.12. The summed E-state index contributed by atoms with van der Waals surface area (Å²) in [6.45, 7) is 7.67. The molecule has 1 aromatic rings. The van der Waals surface area contributed by atoms with E-state index in [-0.39, 0.29) is 0 Å². The molecule has 1 aromatic carbocycles. The van der Waals surface area contributed by atoms with Crippen molar-refractivity contribution in [2.24, 2.45) is 0 Å². The predicted octanol–water partition coefficient (Wildman–Crippen LogP) is 2.69. The number of piperazine rings is 1. The summed E-state index contributed by atoms with van der Waals surface area (Å²) in [6.07, 6.45) is 2.22. The summed E-state index contributed by atoms with van der Waals surface area (Å²) in [7, 11) is 0. The molecule has 0 unspecified atom stereocenters. The Morgan fingerprint density at radius 3 is 2.62 bits per heavy atom. The smallest absolute Gasteiger partial charge is 0.0426 e. The first-order valence-corrected chi connectivity index (χ1v) is 6.18. The first-order chi connectivity index (χ1) is 7.79. The highest BCUT2D eigenvalue weighted by Gasteiger charge is 2.16. The maximum atomic E-state index is 6.00. The van der Waals surface area contributed by atoms with Crippen molar-refractivity contribution in [2.75, 3.05) is 37.6 Å². The van der Waals surface area contributed by atoms with Crippen LogP contribution in [0.1, 0.15) is 6.92 Å². The van der Waals surface area contributed by atoms with Crippen molar-refractivity contribution >= 4 is 17.3 Å². The zero-order valence-electron chi connectivity index (χ0n) is 9.69. The van der Waals surface area contributed by atoms with Gasteiger partial charge in [-0.05, 0) is 24.6 Å². The second-order valence-electron chi connectivity index (χ2n) is 4.18. The molecular weight excluding hydrogens is 220 g/mol. The molecule has 1 aliphatic rings. The lowest BCUT2D eigenvalue weighted by molar-refractivity contribution is 0.277. The van der Waals surface area contributed by atoms with Gasteiger partial charge in [-0.15, -0.1) is 0 Å². The molecular formula is C13H18ClN2. The Hall–Kier alpha value is -0.730. The molecule has 2 rings (SSSR count). The molecule has 87 valence electrons. The fraction of sp³-hybridized carbons (Fsp3) is 0.462. The zero-order chi connectivity index (χ0) is 11.4. The first-order valence-electron chi connectivity index (χ1n) is 5.80. The molecule has 2 nitrogen and oxygen atoms in total. The van der Waals surface area contributed by atoms with Gasteiger partial charge in [0, 0.05) is 43.4 Å². The molecule has 1 heterocycles. The third-order valence-corrected chi connectivity index (χ3v) is 3.22. The van der Waals surface area contributed by atoms with E-state index in [1.54, 1.807) is 0 Å². The monoisotopic (exact) mass is 237 g/mol. The molecule has 0 amide bonds. The largest absolute Gasteiger partial charge is 0.369 e. The number of hydrogen-bond donors (Lipinski definition) is 0. The lowest BCUT2D eigenvalue weighted by atomic mass is 10.2. The SMILES string of the molecule is C[CH]CN1CCN(c2cccc(Cl)c2)CC1. The van der Waals surface area contributed by atoms with E-state index in [0.717, 1.165) is 37.7 Å². The molecule has 0 saturated carbocycles. The summed E-state index contributed by atoms with van der Waals surface area (Å²) < 4.78 is 0. The highest BCUT2D eigenvalue weighted by atomic mass is 35.5. The van der Waals surface area contributed by atoms with Crippen molar-refractivity contribution in [3.05, 3.63) is 35.7 Å². The molecule has 1 radical (unpaired) electrons. The van der Waals surface area contributed by atoms with Crippen molar-refractivity contribution in [2.45, 2.75) is 6.92 Å². The van der Waals surface area contributed by atoms with Crippen molar-refractivity contribution in [1.82, 2.24) is 4.90 Å². The molecule has 1 fully saturated rings. The van der Waals surface area contributed by atoms with Crippen LogP contribution in [-0.4, -0.2) is 37.6 Å². The number of hydrogen-bond acceptors (Lipinski definition) is 2. The third kappa shape index (κ3) is 2.89. The summed E-state index contributed by atoms with van der Waals surface area (Å²) in [4.78, 5) is 4.87. The van der Waals surface area contributed by atoms with Gasteiger partial charge in [0.2, 0.25) is 0 Å². The number of halogens is 1. The van der Waals surface area contributed by atoms with Crippen molar-refractivity contribution in [3.63, 3.8) is 0 Å². The molecule has 0 atom stereocenters. The minimum absolute atomic E-state index is 0.821. The molecule has 3 heteroatoms. The molecule has 1 saturated heterocycles.